The van der Waals surface area contributed by atoms with Crippen molar-refractivity contribution in [3.05, 3.63) is 0 Å². The number of carbonyl (C=O) groups excluding carboxylic acids is 1. The molecule has 1 saturated carbocycles. The fourth-order valence-corrected chi connectivity index (χ4v) is 3.39. The molecular weight excluding hydrogens is 268 g/mol. The van der Waals surface area contributed by atoms with Crippen molar-refractivity contribution in [2.75, 3.05) is 13.1 Å². The average molecular weight is 298 g/mol. The number of nitrogens with two attached hydrogens (primary N) is 1. The van der Waals surface area contributed by atoms with E-state index in [-0.39, 0.29) is 12.1 Å². The molecule has 1 aliphatic heterocycles. The van der Waals surface area contributed by atoms with E-state index in [1.54, 1.807) is 4.90 Å². The van der Waals surface area contributed by atoms with Crippen LogP contribution in [-0.4, -0.2) is 46.4 Å². The summed E-state index contributed by atoms with van der Waals surface area (Å²) >= 11 is 0. The molecule has 122 valence electrons. The summed E-state index contributed by atoms with van der Waals surface area (Å²) in [5.74, 6) is 0.373. The molecular formula is C16H30N2O3. The Labute approximate surface area is 127 Å². The van der Waals surface area contributed by atoms with Gasteiger partial charge in [-0.3, -0.25) is 0 Å². The Balaban J connectivity index is 1.86. The van der Waals surface area contributed by atoms with E-state index in [0.717, 1.165) is 12.8 Å². The van der Waals surface area contributed by atoms with E-state index in [1.165, 1.54) is 25.7 Å². The first kappa shape index (κ1) is 16.6. The molecule has 5 nitrogen and oxygen atoms in total. The standard InChI is InChI=1S/C16H30N2O3/c1-15(2,3)21-14(19)18-10-16(20,11-18)13(17)12-8-6-4-5-7-9-12/h12-13,20H,4-11,17H2,1-3H3. The molecule has 0 radical (unpaired) electrons. The molecule has 1 atom stereocenters. The molecule has 1 aliphatic carbocycles. The monoisotopic (exact) mass is 298 g/mol. The topological polar surface area (TPSA) is 75.8 Å². The molecule has 1 amide bonds. The number of hydrogen-bond donors (Lipinski definition) is 2. The van der Waals surface area contributed by atoms with Crippen molar-refractivity contribution >= 4 is 6.09 Å². The van der Waals surface area contributed by atoms with Gasteiger partial charge in [0.2, 0.25) is 0 Å². The third kappa shape index (κ3) is 4.10. The fourth-order valence-electron chi connectivity index (χ4n) is 3.39. The van der Waals surface area contributed by atoms with Crippen molar-refractivity contribution < 1.29 is 14.6 Å². The minimum atomic E-state index is -0.939. The van der Waals surface area contributed by atoms with Crippen LogP contribution in [-0.2, 0) is 4.74 Å². The van der Waals surface area contributed by atoms with Crippen LogP contribution in [0.3, 0.4) is 0 Å². The predicted molar refractivity (Wildman–Crippen MR) is 81.9 cm³/mol. The maximum Gasteiger partial charge on any atom is 0.410 e. The maximum absolute atomic E-state index is 11.9. The van der Waals surface area contributed by atoms with Crippen LogP contribution in [0.1, 0.15) is 59.3 Å². The van der Waals surface area contributed by atoms with Crippen LogP contribution in [0, 0.1) is 5.92 Å². The summed E-state index contributed by atoms with van der Waals surface area (Å²) in [4.78, 5) is 13.5. The molecule has 1 unspecified atom stereocenters. The molecule has 0 spiro atoms. The van der Waals surface area contributed by atoms with Gasteiger partial charge in [-0.1, -0.05) is 25.7 Å². The van der Waals surface area contributed by atoms with Crippen molar-refractivity contribution in [1.82, 2.24) is 4.90 Å². The predicted octanol–water partition coefficient (Wildman–Crippen LogP) is 2.27. The summed E-state index contributed by atoms with van der Waals surface area (Å²) in [6.45, 7) is 6.11. The van der Waals surface area contributed by atoms with Crippen LogP contribution in [0.2, 0.25) is 0 Å². The Morgan fingerprint density at radius 3 is 2.24 bits per heavy atom. The van der Waals surface area contributed by atoms with E-state index in [4.69, 9.17) is 10.5 Å². The van der Waals surface area contributed by atoms with Gasteiger partial charge in [-0.15, -0.1) is 0 Å². The van der Waals surface area contributed by atoms with Crippen molar-refractivity contribution in [3.8, 4) is 0 Å². The highest BCUT2D eigenvalue weighted by Crippen LogP contribution is 2.34. The van der Waals surface area contributed by atoms with E-state index < -0.39 is 11.2 Å². The first-order valence-corrected chi connectivity index (χ1v) is 8.17. The van der Waals surface area contributed by atoms with Gasteiger partial charge in [0, 0.05) is 6.04 Å². The summed E-state index contributed by atoms with van der Waals surface area (Å²) in [5.41, 5.74) is 4.87. The zero-order valence-electron chi connectivity index (χ0n) is 13.6. The van der Waals surface area contributed by atoms with Crippen LogP contribution < -0.4 is 5.73 Å². The molecule has 0 aromatic heterocycles. The van der Waals surface area contributed by atoms with Gasteiger partial charge in [-0.05, 0) is 39.5 Å². The maximum atomic E-state index is 11.9. The highest BCUT2D eigenvalue weighted by molar-refractivity contribution is 5.69. The van der Waals surface area contributed by atoms with Crippen molar-refractivity contribution in [1.29, 1.82) is 0 Å². The number of hydrogen-bond acceptors (Lipinski definition) is 4. The number of carbonyl (C=O) groups is 1. The zero-order chi connectivity index (χ0) is 15.7. The summed E-state index contributed by atoms with van der Waals surface area (Å²) in [7, 11) is 0. The van der Waals surface area contributed by atoms with Gasteiger partial charge in [0.25, 0.3) is 0 Å². The molecule has 2 rings (SSSR count). The highest BCUT2D eigenvalue weighted by atomic mass is 16.6. The minimum absolute atomic E-state index is 0.241. The number of amides is 1. The molecule has 2 aliphatic rings. The second-order valence-corrected chi connectivity index (χ2v) is 7.72. The number of aliphatic hydroxyl groups is 1. The number of rotatable bonds is 2. The molecule has 0 bridgehead atoms. The third-order valence-electron chi connectivity index (χ3n) is 4.61. The lowest BCUT2D eigenvalue weighted by Gasteiger charge is -2.51. The molecule has 0 aromatic carbocycles. The van der Waals surface area contributed by atoms with E-state index in [0.29, 0.717) is 19.0 Å². The first-order valence-electron chi connectivity index (χ1n) is 8.17. The van der Waals surface area contributed by atoms with E-state index in [9.17, 15) is 9.90 Å². The lowest BCUT2D eigenvalue weighted by atomic mass is 9.77. The molecule has 21 heavy (non-hydrogen) atoms. The molecule has 5 heteroatoms. The summed E-state index contributed by atoms with van der Waals surface area (Å²) < 4.78 is 5.32. The van der Waals surface area contributed by atoms with Crippen molar-refractivity contribution in [3.63, 3.8) is 0 Å². The summed E-state index contributed by atoms with van der Waals surface area (Å²) in [6.07, 6.45) is 6.76. The van der Waals surface area contributed by atoms with Gasteiger partial charge in [-0.25, -0.2) is 4.79 Å². The number of β-amino-alcohol motifs (C(OH)–C–C–N with tert-alkyl or cyclic N) is 1. The van der Waals surface area contributed by atoms with Crippen LogP contribution in [0.4, 0.5) is 4.79 Å². The molecule has 1 heterocycles. The Kier molecular flexibility index (Phi) is 4.83. The van der Waals surface area contributed by atoms with Gasteiger partial charge in [0.1, 0.15) is 11.2 Å². The third-order valence-corrected chi connectivity index (χ3v) is 4.61. The van der Waals surface area contributed by atoms with Crippen molar-refractivity contribution in [2.24, 2.45) is 11.7 Å². The fraction of sp³-hybridized carbons (Fsp3) is 0.938. The molecule has 3 N–H and O–H groups in total. The molecule has 1 saturated heterocycles. The smallest absolute Gasteiger partial charge is 0.410 e. The normalized spacial score (nSPS) is 24.9. The van der Waals surface area contributed by atoms with Gasteiger partial charge in [0.15, 0.2) is 0 Å². The second-order valence-electron chi connectivity index (χ2n) is 7.72. The Hall–Kier alpha value is -0.810. The van der Waals surface area contributed by atoms with Gasteiger partial charge >= 0.3 is 6.09 Å². The molecule has 2 fully saturated rings. The Morgan fingerprint density at radius 1 is 1.24 bits per heavy atom. The van der Waals surface area contributed by atoms with Gasteiger partial charge in [-0.2, -0.15) is 0 Å². The lowest BCUT2D eigenvalue weighted by Crippen LogP contribution is -2.72. The van der Waals surface area contributed by atoms with Crippen LogP contribution in [0.15, 0.2) is 0 Å². The summed E-state index contributed by atoms with van der Waals surface area (Å²) in [5, 5.41) is 10.7. The SMILES string of the molecule is CC(C)(C)OC(=O)N1CC(O)(C(N)C2CCCCCC2)C1. The van der Waals surface area contributed by atoms with Crippen molar-refractivity contribution in [2.45, 2.75) is 76.5 Å². The number of likely N-dealkylation sites (tertiary alicyclic amines) is 1. The first-order chi connectivity index (χ1) is 9.71. The zero-order valence-corrected chi connectivity index (χ0v) is 13.6. The van der Waals surface area contributed by atoms with Gasteiger partial charge < -0.3 is 20.5 Å². The minimum Gasteiger partial charge on any atom is -0.444 e. The summed E-state index contributed by atoms with van der Waals surface area (Å²) in [6, 6.07) is -0.241. The van der Waals surface area contributed by atoms with E-state index in [1.807, 2.05) is 20.8 Å². The lowest BCUT2D eigenvalue weighted by molar-refractivity contribution is -0.121. The number of ether oxygens (including phenoxy) is 1. The Morgan fingerprint density at radius 2 is 1.76 bits per heavy atom. The highest BCUT2D eigenvalue weighted by Gasteiger charge is 2.51. The van der Waals surface area contributed by atoms with Crippen LogP contribution in [0.5, 0.6) is 0 Å². The quantitative estimate of drug-likeness (QED) is 0.767. The van der Waals surface area contributed by atoms with Crippen LogP contribution >= 0.6 is 0 Å². The second kappa shape index (κ2) is 6.13. The Bertz CT molecular complexity index is 364. The average Bonchev–Trinajstić information content (AvgIpc) is 2.60. The largest absolute Gasteiger partial charge is 0.444 e. The number of nitrogens with zero attached hydrogens (tertiary/aromatic N) is 1. The van der Waals surface area contributed by atoms with Gasteiger partial charge in [0.05, 0.1) is 13.1 Å². The van der Waals surface area contributed by atoms with E-state index in [2.05, 4.69) is 0 Å². The van der Waals surface area contributed by atoms with Crippen LogP contribution in [0.25, 0.3) is 0 Å². The molecule has 0 aromatic rings. The van der Waals surface area contributed by atoms with E-state index >= 15 is 0 Å².